The number of halogens is 3. The maximum absolute atomic E-state index is 11.9. The molecule has 0 bridgehead atoms. The Kier molecular flexibility index (Phi) is 3.45. The van der Waals surface area contributed by atoms with Crippen molar-refractivity contribution in [2.75, 3.05) is 6.61 Å². The van der Waals surface area contributed by atoms with E-state index in [9.17, 15) is 18.0 Å². The van der Waals surface area contributed by atoms with E-state index in [2.05, 4.69) is 14.9 Å². The van der Waals surface area contributed by atoms with Crippen molar-refractivity contribution >= 4 is 17.2 Å². The standard InChI is InChI=1S/C6H6F3N3O2S/c7-6(8,9)1-4-11-12-5(15-4)14-2-3(10)13/h1-2H2,(H2,10,13). The summed E-state index contributed by atoms with van der Waals surface area (Å²) in [5, 5.41) is 6.24. The van der Waals surface area contributed by atoms with Crippen LogP contribution in [0.25, 0.3) is 0 Å². The number of nitrogens with two attached hydrogens (primary N) is 1. The zero-order valence-corrected chi connectivity index (χ0v) is 8.06. The monoisotopic (exact) mass is 241 g/mol. The molecule has 0 saturated heterocycles. The van der Waals surface area contributed by atoms with Crippen molar-refractivity contribution < 1.29 is 22.7 Å². The van der Waals surface area contributed by atoms with Crippen LogP contribution in [-0.2, 0) is 11.2 Å². The average Bonchev–Trinajstić information content (AvgIpc) is 2.45. The smallest absolute Gasteiger partial charge is 0.395 e. The van der Waals surface area contributed by atoms with E-state index >= 15 is 0 Å². The first-order valence-corrected chi connectivity index (χ1v) is 4.49. The highest BCUT2D eigenvalue weighted by Gasteiger charge is 2.30. The fourth-order valence-corrected chi connectivity index (χ4v) is 1.39. The molecule has 0 spiro atoms. The van der Waals surface area contributed by atoms with Gasteiger partial charge in [0.15, 0.2) is 6.61 Å². The van der Waals surface area contributed by atoms with Gasteiger partial charge in [-0.3, -0.25) is 4.79 Å². The van der Waals surface area contributed by atoms with E-state index in [0.29, 0.717) is 11.3 Å². The molecule has 0 aromatic carbocycles. The van der Waals surface area contributed by atoms with Crippen molar-refractivity contribution in [3.8, 4) is 5.19 Å². The molecule has 0 saturated carbocycles. The van der Waals surface area contributed by atoms with E-state index in [0.717, 1.165) is 0 Å². The first kappa shape index (κ1) is 11.7. The van der Waals surface area contributed by atoms with Gasteiger partial charge in [-0.15, -0.1) is 10.2 Å². The van der Waals surface area contributed by atoms with Gasteiger partial charge < -0.3 is 10.5 Å². The Morgan fingerprint density at radius 1 is 1.47 bits per heavy atom. The summed E-state index contributed by atoms with van der Waals surface area (Å²) in [6.45, 7) is -0.430. The van der Waals surface area contributed by atoms with Gasteiger partial charge in [0.05, 0.1) is 6.42 Å². The minimum Gasteiger partial charge on any atom is -0.459 e. The molecule has 0 aliphatic rings. The van der Waals surface area contributed by atoms with E-state index in [-0.39, 0.29) is 10.2 Å². The third-order valence-electron chi connectivity index (χ3n) is 1.14. The number of alkyl halides is 3. The van der Waals surface area contributed by atoms with E-state index < -0.39 is 25.1 Å². The summed E-state index contributed by atoms with van der Waals surface area (Å²) in [7, 11) is 0. The van der Waals surface area contributed by atoms with Crippen LogP contribution in [0.5, 0.6) is 5.19 Å². The maximum atomic E-state index is 11.9. The molecule has 1 rings (SSSR count). The van der Waals surface area contributed by atoms with Crippen LogP contribution in [-0.4, -0.2) is 28.9 Å². The summed E-state index contributed by atoms with van der Waals surface area (Å²) in [5.74, 6) is -0.734. The molecular formula is C6H6F3N3O2S. The van der Waals surface area contributed by atoms with Gasteiger partial charge in [0.25, 0.3) is 11.1 Å². The normalized spacial score (nSPS) is 11.4. The molecular weight excluding hydrogens is 235 g/mol. The van der Waals surface area contributed by atoms with Crippen molar-refractivity contribution in [2.24, 2.45) is 5.73 Å². The lowest BCUT2D eigenvalue weighted by molar-refractivity contribution is -0.127. The van der Waals surface area contributed by atoms with Crippen LogP contribution >= 0.6 is 11.3 Å². The number of aromatic nitrogens is 2. The molecule has 84 valence electrons. The van der Waals surface area contributed by atoms with Crippen LogP contribution < -0.4 is 10.5 Å². The number of amides is 1. The Morgan fingerprint density at radius 3 is 2.67 bits per heavy atom. The molecule has 1 amide bonds. The van der Waals surface area contributed by atoms with Crippen molar-refractivity contribution in [2.45, 2.75) is 12.6 Å². The lowest BCUT2D eigenvalue weighted by atomic mass is 10.4. The van der Waals surface area contributed by atoms with Gasteiger partial charge in [-0.2, -0.15) is 13.2 Å². The Hall–Kier alpha value is -1.38. The van der Waals surface area contributed by atoms with Crippen LogP contribution in [0.2, 0.25) is 0 Å². The molecule has 0 fully saturated rings. The average molecular weight is 241 g/mol. The number of carbonyl (C=O) groups is 1. The molecule has 0 radical (unpaired) electrons. The van der Waals surface area contributed by atoms with Gasteiger partial charge in [-0.1, -0.05) is 11.3 Å². The summed E-state index contributed by atoms with van der Waals surface area (Å²) >= 11 is 0.630. The van der Waals surface area contributed by atoms with Crippen LogP contribution in [0, 0.1) is 0 Å². The number of hydrogen-bond donors (Lipinski definition) is 1. The highest BCUT2D eigenvalue weighted by Crippen LogP contribution is 2.25. The third-order valence-corrected chi connectivity index (χ3v) is 1.97. The zero-order valence-electron chi connectivity index (χ0n) is 7.24. The quantitative estimate of drug-likeness (QED) is 0.832. The summed E-state index contributed by atoms with van der Waals surface area (Å²) in [4.78, 5) is 10.3. The van der Waals surface area contributed by atoms with Gasteiger partial charge in [-0.25, -0.2) is 0 Å². The second kappa shape index (κ2) is 4.43. The molecule has 1 aromatic rings. The van der Waals surface area contributed by atoms with Crippen LogP contribution in [0.4, 0.5) is 13.2 Å². The summed E-state index contributed by atoms with van der Waals surface area (Å²) in [5.41, 5.74) is 4.76. The van der Waals surface area contributed by atoms with Gasteiger partial charge >= 0.3 is 6.18 Å². The predicted molar refractivity (Wildman–Crippen MR) is 44.4 cm³/mol. The first-order valence-electron chi connectivity index (χ1n) is 3.67. The largest absolute Gasteiger partial charge is 0.459 e. The molecule has 0 unspecified atom stereocenters. The van der Waals surface area contributed by atoms with Crippen molar-refractivity contribution in [3.05, 3.63) is 5.01 Å². The van der Waals surface area contributed by atoms with E-state index in [1.807, 2.05) is 0 Å². The Morgan fingerprint density at radius 2 is 2.13 bits per heavy atom. The number of ether oxygens (including phenoxy) is 1. The fourth-order valence-electron chi connectivity index (χ4n) is 0.672. The SMILES string of the molecule is NC(=O)COc1nnc(CC(F)(F)F)s1. The third kappa shape index (κ3) is 4.58. The summed E-state index contributed by atoms with van der Waals surface area (Å²) in [6, 6.07) is 0. The van der Waals surface area contributed by atoms with Crippen LogP contribution in [0.3, 0.4) is 0 Å². The van der Waals surface area contributed by atoms with Crippen molar-refractivity contribution in [1.82, 2.24) is 10.2 Å². The number of hydrogen-bond acceptors (Lipinski definition) is 5. The Labute approximate surface area is 86.1 Å². The minimum atomic E-state index is -4.33. The van der Waals surface area contributed by atoms with Gasteiger partial charge in [0.1, 0.15) is 5.01 Å². The first-order chi connectivity index (χ1) is 6.87. The Bertz CT molecular complexity index is 352. The Balaban J connectivity index is 2.53. The molecule has 2 N–H and O–H groups in total. The zero-order chi connectivity index (χ0) is 11.5. The molecule has 9 heteroatoms. The summed E-state index contributed by atoms with van der Waals surface area (Å²) in [6.07, 6.45) is -5.49. The molecule has 5 nitrogen and oxygen atoms in total. The van der Waals surface area contributed by atoms with Crippen LogP contribution in [0.1, 0.15) is 5.01 Å². The number of carbonyl (C=O) groups excluding carboxylic acids is 1. The van der Waals surface area contributed by atoms with Crippen LogP contribution in [0.15, 0.2) is 0 Å². The topological polar surface area (TPSA) is 78.1 Å². The molecule has 1 aromatic heterocycles. The fraction of sp³-hybridized carbons (Fsp3) is 0.500. The molecule has 0 aliphatic carbocycles. The molecule has 0 atom stereocenters. The van der Waals surface area contributed by atoms with E-state index in [1.165, 1.54) is 0 Å². The van der Waals surface area contributed by atoms with Crippen molar-refractivity contribution in [3.63, 3.8) is 0 Å². The van der Waals surface area contributed by atoms with Gasteiger partial charge in [-0.05, 0) is 0 Å². The second-order valence-corrected chi connectivity index (χ2v) is 3.53. The second-order valence-electron chi connectivity index (χ2n) is 2.51. The number of primary amides is 1. The van der Waals surface area contributed by atoms with Gasteiger partial charge in [0.2, 0.25) is 0 Å². The number of nitrogens with zero attached hydrogens (tertiary/aromatic N) is 2. The molecule has 15 heavy (non-hydrogen) atoms. The van der Waals surface area contributed by atoms with E-state index in [4.69, 9.17) is 5.73 Å². The number of rotatable bonds is 4. The molecule has 1 heterocycles. The highest BCUT2D eigenvalue weighted by molar-refractivity contribution is 7.13. The lowest BCUT2D eigenvalue weighted by Gasteiger charge is -2.00. The predicted octanol–water partition coefficient (Wildman–Crippen LogP) is 0.507. The molecule has 0 aliphatic heterocycles. The van der Waals surface area contributed by atoms with Crippen molar-refractivity contribution in [1.29, 1.82) is 0 Å². The summed E-state index contributed by atoms with van der Waals surface area (Å²) < 4.78 is 40.3. The van der Waals surface area contributed by atoms with Gasteiger partial charge in [0, 0.05) is 0 Å². The van der Waals surface area contributed by atoms with E-state index in [1.54, 1.807) is 0 Å². The maximum Gasteiger partial charge on any atom is 0.395 e. The minimum absolute atomic E-state index is 0.104. The lowest BCUT2D eigenvalue weighted by Crippen LogP contribution is -2.19. The highest BCUT2D eigenvalue weighted by atomic mass is 32.1.